The van der Waals surface area contributed by atoms with Gasteiger partial charge in [0, 0.05) is 18.2 Å². The quantitative estimate of drug-likeness (QED) is 0.923. The van der Waals surface area contributed by atoms with Gasteiger partial charge in [-0.05, 0) is 17.7 Å². The van der Waals surface area contributed by atoms with Crippen molar-refractivity contribution < 1.29 is 9.59 Å². The molecule has 1 N–H and O–H groups in total. The lowest BCUT2D eigenvalue weighted by Crippen LogP contribution is -2.20. The molecule has 100 valence electrons. The topological polar surface area (TPSA) is 59.1 Å². The zero-order chi connectivity index (χ0) is 14.1. The van der Waals surface area contributed by atoms with Crippen LogP contribution in [-0.2, 0) is 4.79 Å². The molecule has 1 amide bonds. The number of hydrogen-bond donors (Lipinski definition) is 1. The fourth-order valence-electron chi connectivity index (χ4n) is 2.36. The first kappa shape index (κ1) is 12.8. The maximum Gasteiger partial charge on any atom is 0.233 e. The number of benzene rings is 1. The number of aromatic nitrogens is 1. The summed E-state index contributed by atoms with van der Waals surface area (Å²) in [6.45, 7) is 0. The van der Waals surface area contributed by atoms with Crippen LogP contribution in [0.25, 0.3) is 0 Å². The summed E-state index contributed by atoms with van der Waals surface area (Å²) >= 11 is 5.74. The van der Waals surface area contributed by atoms with E-state index in [4.69, 9.17) is 11.6 Å². The van der Waals surface area contributed by atoms with Crippen LogP contribution < -0.4 is 5.32 Å². The highest BCUT2D eigenvalue weighted by Gasteiger charge is 2.33. The second-order valence-corrected chi connectivity index (χ2v) is 5.05. The number of halogens is 1. The van der Waals surface area contributed by atoms with Crippen LogP contribution in [0, 0.1) is 0 Å². The van der Waals surface area contributed by atoms with Crippen LogP contribution >= 0.6 is 11.6 Å². The summed E-state index contributed by atoms with van der Waals surface area (Å²) in [5, 5.41) is 3.22. The van der Waals surface area contributed by atoms with E-state index in [1.807, 2.05) is 12.1 Å². The monoisotopic (exact) mass is 286 g/mol. The molecular weight excluding hydrogens is 276 g/mol. The lowest BCUT2D eigenvalue weighted by molar-refractivity contribution is -0.117. The number of pyridine rings is 1. The summed E-state index contributed by atoms with van der Waals surface area (Å²) in [6, 6.07) is 10.5. The average Bonchev–Trinajstić information content (AvgIpc) is 2.79. The predicted molar refractivity (Wildman–Crippen MR) is 76.0 cm³/mol. The molecule has 0 spiro atoms. The summed E-state index contributed by atoms with van der Waals surface area (Å²) < 4.78 is 0. The highest BCUT2D eigenvalue weighted by Crippen LogP contribution is 2.33. The van der Waals surface area contributed by atoms with Gasteiger partial charge in [0.25, 0.3) is 0 Å². The molecule has 1 aliphatic rings. The summed E-state index contributed by atoms with van der Waals surface area (Å²) in [7, 11) is 0. The minimum atomic E-state index is -0.448. The molecule has 3 rings (SSSR count). The van der Waals surface area contributed by atoms with Crippen molar-refractivity contribution in [2.24, 2.45) is 0 Å². The normalized spacial score (nSPS) is 16.9. The molecule has 1 aromatic carbocycles. The van der Waals surface area contributed by atoms with Crippen LogP contribution in [0.15, 0.2) is 42.6 Å². The van der Waals surface area contributed by atoms with E-state index in [2.05, 4.69) is 10.3 Å². The van der Waals surface area contributed by atoms with Gasteiger partial charge in [-0.3, -0.25) is 9.59 Å². The lowest BCUT2D eigenvalue weighted by Gasteiger charge is -2.10. The number of ketones is 1. The van der Waals surface area contributed by atoms with E-state index in [1.165, 1.54) is 6.20 Å². The Bertz CT molecular complexity index is 683. The van der Waals surface area contributed by atoms with Crippen LogP contribution in [0.1, 0.15) is 28.3 Å². The first-order valence-corrected chi connectivity index (χ1v) is 6.57. The average molecular weight is 287 g/mol. The third kappa shape index (κ3) is 2.30. The predicted octanol–water partition coefficient (Wildman–Crippen LogP) is 3.04. The van der Waals surface area contributed by atoms with Crippen molar-refractivity contribution >= 4 is 29.1 Å². The van der Waals surface area contributed by atoms with Crippen LogP contribution in [0.5, 0.6) is 0 Å². The van der Waals surface area contributed by atoms with E-state index in [-0.39, 0.29) is 18.1 Å². The zero-order valence-electron chi connectivity index (χ0n) is 10.5. The molecule has 0 saturated heterocycles. The third-order valence-corrected chi connectivity index (χ3v) is 3.54. The van der Waals surface area contributed by atoms with Gasteiger partial charge in [-0.25, -0.2) is 4.98 Å². The Morgan fingerprint density at radius 1 is 1.25 bits per heavy atom. The molecule has 0 aliphatic heterocycles. The number of carbonyl (C=O) groups is 2. The maximum absolute atomic E-state index is 12.3. The van der Waals surface area contributed by atoms with Crippen LogP contribution in [0.4, 0.5) is 5.82 Å². The molecule has 2 aromatic rings. The number of anilines is 1. The minimum absolute atomic E-state index is 0.00446. The number of Topliss-reactive ketones (excluding diaryl/α,β-unsaturated/α-hetero) is 1. The molecule has 0 radical (unpaired) electrons. The van der Waals surface area contributed by atoms with Gasteiger partial charge in [-0.1, -0.05) is 35.9 Å². The van der Waals surface area contributed by atoms with E-state index in [0.29, 0.717) is 16.4 Å². The Hall–Kier alpha value is -2.20. The lowest BCUT2D eigenvalue weighted by atomic mass is 10.0. The standard InChI is InChI=1S/C15H11ClN2O2/c16-9-5-6-14(17-8-9)18-15(20)12-7-13(19)11-4-2-1-3-10(11)12/h1-6,8,12H,7H2,(H,17,18,20). The van der Waals surface area contributed by atoms with Crippen LogP contribution in [0.3, 0.4) is 0 Å². The molecule has 1 aromatic heterocycles. The second kappa shape index (κ2) is 5.06. The number of carbonyl (C=O) groups excluding carboxylic acids is 2. The number of nitrogens with one attached hydrogen (secondary N) is 1. The Morgan fingerprint density at radius 2 is 2.05 bits per heavy atom. The van der Waals surface area contributed by atoms with Crippen molar-refractivity contribution in [2.75, 3.05) is 5.32 Å². The summed E-state index contributed by atoms with van der Waals surface area (Å²) in [5.41, 5.74) is 1.42. The maximum atomic E-state index is 12.3. The molecule has 1 unspecified atom stereocenters. The highest BCUT2D eigenvalue weighted by molar-refractivity contribution is 6.30. The van der Waals surface area contributed by atoms with Crippen LogP contribution in [-0.4, -0.2) is 16.7 Å². The van der Waals surface area contributed by atoms with Crippen molar-refractivity contribution in [1.29, 1.82) is 0 Å². The molecule has 0 bridgehead atoms. The molecule has 0 saturated carbocycles. The Labute approximate surface area is 120 Å². The summed E-state index contributed by atoms with van der Waals surface area (Å²) in [5.74, 6) is -0.240. The molecule has 1 atom stereocenters. The van der Waals surface area contributed by atoms with Gasteiger partial charge in [0.2, 0.25) is 5.91 Å². The van der Waals surface area contributed by atoms with Gasteiger partial charge >= 0.3 is 0 Å². The van der Waals surface area contributed by atoms with E-state index in [1.54, 1.807) is 24.3 Å². The number of nitrogens with zero attached hydrogens (tertiary/aromatic N) is 1. The van der Waals surface area contributed by atoms with Gasteiger partial charge in [-0.15, -0.1) is 0 Å². The molecule has 5 heteroatoms. The van der Waals surface area contributed by atoms with Crippen molar-refractivity contribution in [2.45, 2.75) is 12.3 Å². The highest BCUT2D eigenvalue weighted by atomic mass is 35.5. The fraction of sp³-hybridized carbons (Fsp3) is 0.133. The van der Waals surface area contributed by atoms with Gasteiger partial charge < -0.3 is 5.32 Å². The number of fused-ring (bicyclic) bond motifs is 1. The molecule has 20 heavy (non-hydrogen) atoms. The van der Waals surface area contributed by atoms with Gasteiger partial charge in [-0.2, -0.15) is 0 Å². The van der Waals surface area contributed by atoms with Crippen molar-refractivity contribution in [3.8, 4) is 0 Å². The molecule has 4 nitrogen and oxygen atoms in total. The van der Waals surface area contributed by atoms with E-state index in [0.717, 1.165) is 5.56 Å². The SMILES string of the molecule is O=C1CC(C(=O)Nc2ccc(Cl)cn2)c2ccccc21. The largest absolute Gasteiger partial charge is 0.310 e. The van der Waals surface area contributed by atoms with E-state index >= 15 is 0 Å². The van der Waals surface area contributed by atoms with Gasteiger partial charge in [0.05, 0.1) is 10.9 Å². The molecule has 1 aliphatic carbocycles. The number of rotatable bonds is 2. The fourth-order valence-corrected chi connectivity index (χ4v) is 2.47. The number of hydrogen-bond acceptors (Lipinski definition) is 3. The second-order valence-electron chi connectivity index (χ2n) is 4.62. The molecular formula is C15H11ClN2O2. The van der Waals surface area contributed by atoms with Crippen molar-refractivity contribution in [3.05, 3.63) is 58.7 Å². The zero-order valence-corrected chi connectivity index (χ0v) is 11.2. The molecule has 1 heterocycles. The minimum Gasteiger partial charge on any atom is -0.310 e. The molecule has 0 fully saturated rings. The van der Waals surface area contributed by atoms with Crippen LogP contribution in [0.2, 0.25) is 5.02 Å². The summed E-state index contributed by atoms with van der Waals surface area (Å²) in [4.78, 5) is 28.2. The van der Waals surface area contributed by atoms with E-state index < -0.39 is 5.92 Å². The first-order valence-electron chi connectivity index (χ1n) is 6.19. The van der Waals surface area contributed by atoms with Gasteiger partial charge in [0.15, 0.2) is 5.78 Å². The Kier molecular flexibility index (Phi) is 3.24. The number of amides is 1. The van der Waals surface area contributed by atoms with Gasteiger partial charge in [0.1, 0.15) is 5.82 Å². The van der Waals surface area contributed by atoms with Crippen molar-refractivity contribution in [3.63, 3.8) is 0 Å². The Balaban J connectivity index is 1.82. The van der Waals surface area contributed by atoms with E-state index in [9.17, 15) is 9.59 Å². The smallest absolute Gasteiger partial charge is 0.233 e. The third-order valence-electron chi connectivity index (χ3n) is 3.32. The first-order chi connectivity index (χ1) is 9.65. The Morgan fingerprint density at radius 3 is 2.80 bits per heavy atom. The van der Waals surface area contributed by atoms with Crippen molar-refractivity contribution in [1.82, 2.24) is 4.98 Å². The summed E-state index contributed by atoms with van der Waals surface area (Å²) in [6.07, 6.45) is 1.67.